The first kappa shape index (κ1) is 41.0. The lowest BCUT2D eigenvalue weighted by molar-refractivity contribution is -0.205. The van der Waals surface area contributed by atoms with Gasteiger partial charge in [-0.3, -0.25) is 19.3 Å². The van der Waals surface area contributed by atoms with E-state index in [-0.39, 0.29) is 47.2 Å². The van der Waals surface area contributed by atoms with Gasteiger partial charge in [-0.15, -0.1) is 23.4 Å². The molecule has 7 rings (SSSR count). The van der Waals surface area contributed by atoms with Crippen molar-refractivity contribution in [2.24, 2.45) is 34.0 Å². The third kappa shape index (κ3) is 7.87. The van der Waals surface area contributed by atoms with Gasteiger partial charge in [0.15, 0.2) is 0 Å². The predicted molar refractivity (Wildman–Crippen MR) is 221 cm³/mol. The molecule has 57 heavy (non-hydrogen) atoms. The lowest BCUT2D eigenvalue weighted by atomic mass is 9.44. The summed E-state index contributed by atoms with van der Waals surface area (Å²) in [6, 6.07) is 15.5. The van der Waals surface area contributed by atoms with E-state index in [1.54, 1.807) is 11.8 Å². The summed E-state index contributed by atoms with van der Waals surface area (Å²) in [5.41, 5.74) is 0.869. The van der Waals surface area contributed by atoms with Gasteiger partial charge in [0.1, 0.15) is 24.2 Å². The van der Waals surface area contributed by atoms with E-state index in [1.807, 2.05) is 61.7 Å². The largest absolute Gasteiger partial charge is 0.495 e. The smallest absolute Gasteiger partial charge is 0.316 e. The van der Waals surface area contributed by atoms with Crippen molar-refractivity contribution in [3.05, 3.63) is 73.1 Å². The standard InChI is InChI=1S/C44H58N6O6S/c1-7-42(4)24-37(43(5)29(2)16-18-44(30(3)41(42)54)19-17-34(51)40(43)44)56-39(53)28-57-36-15-11-8-12-32(36)45-38(52)27-50-26-31(46-47-50)25-48-20-22-49(23-21-48)33-13-9-10-14-35(33)55-6/h7-15,26,29-30,37,40-41,54H,1,16-25,27-28H2,2-6H3,(H,45,52)/t29-,30+,37-,40+,41+,42-,43+,44+/m1/s1. The zero-order valence-electron chi connectivity index (χ0n) is 34.0. The summed E-state index contributed by atoms with van der Waals surface area (Å²) in [5, 5.41) is 23.4. The normalized spacial score (nSPS) is 31.5. The Bertz CT molecular complexity index is 1970. The number of benzene rings is 2. The SMILES string of the molecule is C=C[C@]1(C)C[C@@H](OC(=O)CSc2ccccc2NC(=O)Cn2cc(CN3CCN(c4ccccc4OC)CC3)nn2)[C@]2(C)[C@H](C)CC[C@]3(CCC(=O)[C@H]32)[C@@H](C)[C@@H]1O. The maximum absolute atomic E-state index is 13.8. The van der Waals surface area contributed by atoms with Crippen molar-refractivity contribution in [2.45, 2.75) is 90.0 Å². The van der Waals surface area contributed by atoms with Gasteiger partial charge in [0, 0.05) is 60.8 Å². The van der Waals surface area contributed by atoms with E-state index in [2.05, 4.69) is 58.8 Å². The van der Waals surface area contributed by atoms with Crippen LogP contribution in [0.1, 0.15) is 65.5 Å². The molecule has 2 N–H and O–H groups in total. The van der Waals surface area contributed by atoms with Crippen LogP contribution in [0.25, 0.3) is 0 Å². The average Bonchev–Trinajstić information content (AvgIpc) is 3.81. The number of nitrogens with zero attached hydrogens (tertiary/aromatic N) is 5. The van der Waals surface area contributed by atoms with Crippen LogP contribution in [0.15, 0.2) is 72.3 Å². The zero-order chi connectivity index (χ0) is 40.5. The molecule has 1 saturated heterocycles. The molecule has 4 fully saturated rings. The highest BCUT2D eigenvalue weighted by Gasteiger charge is 2.68. The first-order valence-corrected chi connectivity index (χ1v) is 21.3. The van der Waals surface area contributed by atoms with Crippen LogP contribution in [0.3, 0.4) is 0 Å². The van der Waals surface area contributed by atoms with Crippen LogP contribution in [0, 0.1) is 34.0 Å². The highest BCUT2D eigenvalue weighted by molar-refractivity contribution is 8.00. The number of carbonyl (C=O) groups is 3. The number of carbonyl (C=O) groups excluding carboxylic acids is 3. The Morgan fingerprint density at radius 3 is 2.56 bits per heavy atom. The van der Waals surface area contributed by atoms with E-state index in [9.17, 15) is 19.5 Å². The van der Waals surface area contributed by atoms with Gasteiger partial charge in [0.25, 0.3) is 0 Å². The van der Waals surface area contributed by atoms with Crippen molar-refractivity contribution in [1.82, 2.24) is 19.9 Å². The third-order valence-electron chi connectivity index (χ3n) is 14.2. The van der Waals surface area contributed by atoms with Gasteiger partial charge >= 0.3 is 5.97 Å². The molecule has 1 aromatic heterocycles. The van der Waals surface area contributed by atoms with Crippen LogP contribution in [-0.2, 0) is 32.2 Å². The zero-order valence-corrected chi connectivity index (χ0v) is 34.8. The number of esters is 1. The second-order valence-electron chi connectivity index (χ2n) is 17.2. The summed E-state index contributed by atoms with van der Waals surface area (Å²) >= 11 is 1.30. The number of anilines is 2. The number of ketones is 1. The number of rotatable bonds is 12. The minimum atomic E-state index is -0.719. The molecule has 1 amide bonds. The summed E-state index contributed by atoms with van der Waals surface area (Å²) in [4.78, 5) is 46.2. The highest BCUT2D eigenvalue weighted by atomic mass is 32.2. The minimum Gasteiger partial charge on any atom is -0.495 e. The topological polar surface area (TPSA) is 139 Å². The Kier molecular flexibility index (Phi) is 11.9. The number of hydrogen-bond donors (Lipinski definition) is 2. The van der Waals surface area contributed by atoms with Gasteiger partial charge in [-0.2, -0.15) is 0 Å². The van der Waals surface area contributed by atoms with E-state index in [0.29, 0.717) is 25.1 Å². The fraction of sp³-hybridized carbons (Fsp3) is 0.568. The van der Waals surface area contributed by atoms with Crippen molar-refractivity contribution < 1.29 is 29.0 Å². The number of methoxy groups -OCH3 is 1. The van der Waals surface area contributed by atoms with Crippen molar-refractivity contribution in [3.63, 3.8) is 0 Å². The molecule has 3 aliphatic carbocycles. The second-order valence-corrected chi connectivity index (χ2v) is 18.3. The minimum absolute atomic E-state index is 0.0119. The van der Waals surface area contributed by atoms with E-state index < -0.39 is 29.0 Å². The van der Waals surface area contributed by atoms with Crippen molar-refractivity contribution in [2.75, 3.05) is 49.3 Å². The molecule has 0 unspecified atom stereocenters. The van der Waals surface area contributed by atoms with E-state index in [1.165, 1.54) is 11.8 Å². The molecule has 306 valence electrons. The summed E-state index contributed by atoms with van der Waals surface area (Å²) in [5.74, 6) is 0.236. The van der Waals surface area contributed by atoms with Crippen molar-refractivity contribution >= 4 is 40.8 Å². The molecular weight excluding hydrogens is 741 g/mol. The fourth-order valence-electron chi connectivity index (χ4n) is 10.6. The Morgan fingerprint density at radius 2 is 1.81 bits per heavy atom. The monoisotopic (exact) mass is 798 g/mol. The number of aromatic nitrogens is 3. The number of nitrogens with one attached hydrogen (secondary N) is 1. The Labute approximate surface area is 340 Å². The van der Waals surface area contributed by atoms with Gasteiger partial charge in [-0.1, -0.05) is 63.2 Å². The number of thioether (sulfide) groups is 1. The van der Waals surface area contributed by atoms with Crippen LogP contribution in [0.2, 0.25) is 0 Å². The number of aliphatic hydroxyl groups is 1. The van der Waals surface area contributed by atoms with E-state index in [4.69, 9.17) is 9.47 Å². The van der Waals surface area contributed by atoms with E-state index in [0.717, 1.165) is 67.5 Å². The summed E-state index contributed by atoms with van der Waals surface area (Å²) in [6.45, 7) is 16.6. The van der Waals surface area contributed by atoms with Gasteiger partial charge in [-0.05, 0) is 67.2 Å². The van der Waals surface area contributed by atoms with Crippen LogP contribution >= 0.6 is 11.8 Å². The average molecular weight is 799 g/mol. The molecule has 0 radical (unpaired) electrons. The number of hydrogen-bond acceptors (Lipinski definition) is 11. The number of Topliss-reactive ketones (excluding diaryl/α,β-unsaturated/α-hetero) is 1. The van der Waals surface area contributed by atoms with E-state index >= 15 is 0 Å². The first-order valence-electron chi connectivity index (χ1n) is 20.4. The number of ether oxygens (including phenoxy) is 2. The molecule has 8 atom stereocenters. The summed E-state index contributed by atoms with van der Waals surface area (Å²) in [6.07, 6.45) is 5.75. The first-order chi connectivity index (χ1) is 27.3. The number of amides is 1. The van der Waals surface area contributed by atoms with Crippen molar-refractivity contribution in [1.29, 1.82) is 0 Å². The molecule has 12 nitrogen and oxygen atoms in total. The van der Waals surface area contributed by atoms with Gasteiger partial charge in [0.2, 0.25) is 5.91 Å². The van der Waals surface area contributed by atoms with Crippen LogP contribution < -0.4 is 15.0 Å². The summed E-state index contributed by atoms with van der Waals surface area (Å²) < 4.78 is 13.5. The molecule has 13 heteroatoms. The van der Waals surface area contributed by atoms with Crippen LogP contribution in [0.4, 0.5) is 11.4 Å². The molecule has 1 aliphatic heterocycles. The summed E-state index contributed by atoms with van der Waals surface area (Å²) in [7, 11) is 1.70. The number of piperazine rings is 1. The lowest BCUT2D eigenvalue weighted by Crippen LogP contribution is -2.63. The van der Waals surface area contributed by atoms with Gasteiger partial charge in [-0.25, -0.2) is 4.68 Å². The fourth-order valence-corrected chi connectivity index (χ4v) is 11.4. The molecule has 4 aliphatic rings. The lowest BCUT2D eigenvalue weighted by Gasteiger charge is -2.61. The van der Waals surface area contributed by atoms with Crippen molar-refractivity contribution in [3.8, 4) is 5.75 Å². The molecule has 2 heterocycles. The van der Waals surface area contributed by atoms with Gasteiger partial charge < -0.3 is 24.8 Å². The van der Waals surface area contributed by atoms with Crippen LogP contribution in [0.5, 0.6) is 5.75 Å². The quantitative estimate of drug-likeness (QED) is 0.122. The third-order valence-corrected chi connectivity index (χ3v) is 15.2. The second kappa shape index (κ2) is 16.6. The molecule has 3 aromatic rings. The number of para-hydroxylation sites is 3. The Balaban J connectivity index is 0.957. The Hall–Kier alpha value is -4.20. The number of aliphatic hydroxyl groups excluding tert-OH is 1. The molecule has 3 saturated carbocycles. The molecule has 2 aromatic carbocycles. The van der Waals surface area contributed by atoms with Crippen LogP contribution in [-0.4, -0.2) is 93.9 Å². The molecule has 0 spiro atoms. The predicted octanol–water partition coefficient (Wildman–Crippen LogP) is 6.25. The Morgan fingerprint density at radius 1 is 1.07 bits per heavy atom. The maximum atomic E-state index is 13.8. The van der Waals surface area contributed by atoms with Gasteiger partial charge in [0.05, 0.1) is 42.2 Å². The molecular formula is C44H58N6O6S. The molecule has 2 bridgehead atoms. The highest BCUT2D eigenvalue weighted by Crippen LogP contribution is 2.68. The maximum Gasteiger partial charge on any atom is 0.316 e.